The third-order valence-electron chi connectivity index (χ3n) is 2.74. The normalized spacial score (nSPS) is 11.7. The van der Waals surface area contributed by atoms with Gasteiger partial charge < -0.3 is 9.05 Å². The maximum Gasteiger partial charge on any atom is 0.530 e. The lowest BCUT2D eigenvalue weighted by atomic mass is 10.3. The first kappa shape index (κ1) is 21.2. The summed E-state index contributed by atoms with van der Waals surface area (Å²) in [7, 11) is 0. The Kier molecular flexibility index (Phi) is 5.58. The smallest absolute Gasteiger partial charge is 0.398 e. The van der Waals surface area contributed by atoms with Crippen LogP contribution in [0.2, 0.25) is 0 Å². The Hall–Kier alpha value is -2.14. The van der Waals surface area contributed by atoms with Crippen LogP contribution in [0.5, 0.6) is 11.5 Å². The van der Waals surface area contributed by atoms with Gasteiger partial charge in [0.25, 0.3) is 0 Å². The first-order valence-electron chi connectivity index (χ1n) is 6.01. The largest absolute Gasteiger partial charge is 0.530 e. The van der Waals surface area contributed by atoms with Crippen molar-refractivity contribution in [3.05, 3.63) is 58.2 Å². The van der Waals surface area contributed by atoms with E-state index in [4.69, 9.17) is 11.2 Å². The molecule has 0 atom stereocenters. The molecule has 2 rings (SSSR count). The molecule has 2 aromatic carbocycles. The van der Waals surface area contributed by atoms with Crippen molar-refractivity contribution in [2.24, 2.45) is 0 Å². The van der Waals surface area contributed by atoms with Gasteiger partial charge in [-0.2, -0.15) is 17.6 Å². The summed E-state index contributed by atoms with van der Waals surface area (Å²) in [4.78, 5) is 0. The maximum absolute atomic E-state index is 13.4. The van der Waals surface area contributed by atoms with Gasteiger partial charge in [0, 0.05) is 11.2 Å². The Morgan fingerprint density at radius 2 is 0.667 bits per heavy atom. The fourth-order valence-corrected chi connectivity index (χ4v) is 2.77. The first-order valence-corrected chi connectivity index (χ1v) is 8.46. The summed E-state index contributed by atoms with van der Waals surface area (Å²) < 4.78 is 151. The predicted octanol–water partition coefficient (Wildman–Crippen LogP) is 5.88. The van der Waals surface area contributed by atoms with E-state index in [-0.39, 0.29) is 0 Å². The highest BCUT2D eigenvalue weighted by Crippen LogP contribution is 2.55. The van der Waals surface area contributed by atoms with Gasteiger partial charge in [0.1, 0.15) is 0 Å². The highest BCUT2D eigenvalue weighted by Gasteiger charge is 2.37. The molecule has 0 aliphatic rings. The third-order valence-corrected chi connectivity index (χ3v) is 3.96. The number of hydrogen-bond acceptors (Lipinski definition) is 3. The van der Waals surface area contributed by atoms with Crippen LogP contribution in [0.15, 0.2) is 0 Å². The van der Waals surface area contributed by atoms with E-state index < -0.39 is 76.6 Å². The SMILES string of the molecule is O=P(Cl)(Oc1c(F)c(F)c(F)c(F)c1F)Oc1c(F)c(F)c(F)c(F)c1F. The molecule has 0 saturated carbocycles. The standard InChI is InChI=1S/C12ClF10O3P/c13-27(24,25-11-7(20)3(16)1(14)4(17)8(11)21)26-12-9(22)5(18)2(15)6(19)10(12)23. The van der Waals surface area contributed by atoms with Gasteiger partial charge in [0.2, 0.25) is 69.7 Å². The summed E-state index contributed by atoms with van der Waals surface area (Å²) in [5, 5.41) is 0. The Morgan fingerprint density at radius 1 is 0.481 bits per heavy atom. The second-order valence-corrected chi connectivity index (χ2v) is 6.88. The fraction of sp³-hybridized carbons (Fsp3) is 0. The van der Waals surface area contributed by atoms with Crippen LogP contribution >= 0.6 is 18.2 Å². The minimum Gasteiger partial charge on any atom is -0.398 e. The summed E-state index contributed by atoms with van der Waals surface area (Å²) in [5.74, 6) is -30.9. The molecule has 2 aromatic rings. The molecular formula is C12ClF10O3P. The van der Waals surface area contributed by atoms with Gasteiger partial charge in [0.15, 0.2) is 0 Å². The molecule has 0 spiro atoms. The van der Waals surface area contributed by atoms with Crippen molar-refractivity contribution < 1.29 is 57.5 Å². The number of hydrogen-bond donors (Lipinski definition) is 0. The average molecular weight is 449 g/mol. The molecule has 0 aromatic heterocycles. The molecule has 0 heterocycles. The molecule has 0 radical (unpaired) electrons. The molecule has 0 fully saturated rings. The topological polar surface area (TPSA) is 35.5 Å². The van der Waals surface area contributed by atoms with Crippen LogP contribution in [0, 0.1) is 58.2 Å². The zero-order valence-corrected chi connectivity index (χ0v) is 13.5. The average Bonchev–Trinajstić information content (AvgIpc) is 2.62. The van der Waals surface area contributed by atoms with Gasteiger partial charge in [0.05, 0.1) is 0 Å². The van der Waals surface area contributed by atoms with Crippen LogP contribution in [0.25, 0.3) is 0 Å². The second-order valence-electron chi connectivity index (χ2n) is 4.41. The Morgan fingerprint density at radius 3 is 0.889 bits per heavy atom. The molecule has 0 bridgehead atoms. The van der Waals surface area contributed by atoms with E-state index >= 15 is 0 Å². The van der Waals surface area contributed by atoms with Gasteiger partial charge in [-0.25, -0.2) is 30.9 Å². The molecule has 148 valence electrons. The molecule has 0 N–H and O–H groups in total. The maximum atomic E-state index is 13.4. The van der Waals surface area contributed by atoms with E-state index in [0.29, 0.717) is 0 Å². The van der Waals surface area contributed by atoms with Crippen molar-refractivity contribution in [2.45, 2.75) is 0 Å². The van der Waals surface area contributed by atoms with E-state index in [2.05, 4.69) is 9.05 Å². The lowest BCUT2D eigenvalue weighted by Gasteiger charge is -2.16. The van der Waals surface area contributed by atoms with Gasteiger partial charge in [-0.3, -0.25) is 0 Å². The van der Waals surface area contributed by atoms with E-state index in [1.807, 2.05) is 0 Å². The predicted molar refractivity (Wildman–Crippen MR) is 67.2 cm³/mol. The van der Waals surface area contributed by atoms with E-state index in [9.17, 15) is 48.5 Å². The van der Waals surface area contributed by atoms with Crippen molar-refractivity contribution in [2.75, 3.05) is 0 Å². The summed E-state index contributed by atoms with van der Waals surface area (Å²) in [6.07, 6.45) is 0. The van der Waals surface area contributed by atoms with Crippen LogP contribution < -0.4 is 9.05 Å². The van der Waals surface area contributed by atoms with Crippen molar-refractivity contribution in [1.82, 2.24) is 0 Å². The quantitative estimate of drug-likeness (QED) is 0.254. The minimum absolute atomic E-state index is 2.28. The van der Waals surface area contributed by atoms with Gasteiger partial charge >= 0.3 is 6.95 Å². The van der Waals surface area contributed by atoms with Crippen molar-refractivity contribution in [3.8, 4) is 11.5 Å². The lowest BCUT2D eigenvalue weighted by molar-refractivity contribution is 0.315. The fourth-order valence-electron chi connectivity index (χ4n) is 1.57. The zero-order chi connectivity index (χ0) is 20.8. The Bertz CT molecular complexity index is 865. The van der Waals surface area contributed by atoms with E-state index in [1.54, 1.807) is 0 Å². The Balaban J connectivity index is 2.51. The molecule has 0 aliphatic heterocycles. The van der Waals surface area contributed by atoms with E-state index in [1.165, 1.54) is 0 Å². The van der Waals surface area contributed by atoms with Gasteiger partial charge in [-0.05, 0) is 0 Å². The highest BCUT2D eigenvalue weighted by molar-refractivity contribution is 7.82. The van der Waals surface area contributed by atoms with Crippen molar-refractivity contribution >= 4 is 18.2 Å². The summed E-state index contributed by atoms with van der Waals surface area (Å²) in [5.41, 5.74) is 0. The summed E-state index contributed by atoms with van der Waals surface area (Å²) in [6, 6.07) is 0. The number of halogens is 11. The molecule has 0 unspecified atom stereocenters. The van der Waals surface area contributed by atoms with Crippen LogP contribution in [-0.4, -0.2) is 0 Å². The molecule has 0 amide bonds. The zero-order valence-electron chi connectivity index (χ0n) is 11.8. The van der Waals surface area contributed by atoms with Crippen LogP contribution in [0.3, 0.4) is 0 Å². The molecule has 0 aliphatic carbocycles. The number of rotatable bonds is 4. The summed E-state index contributed by atoms with van der Waals surface area (Å²) >= 11 is 4.95. The van der Waals surface area contributed by atoms with Crippen molar-refractivity contribution in [1.29, 1.82) is 0 Å². The highest BCUT2D eigenvalue weighted by atomic mass is 35.7. The second kappa shape index (κ2) is 7.12. The van der Waals surface area contributed by atoms with Crippen molar-refractivity contribution in [3.63, 3.8) is 0 Å². The lowest BCUT2D eigenvalue weighted by Crippen LogP contribution is -2.09. The van der Waals surface area contributed by atoms with Crippen LogP contribution in [0.1, 0.15) is 0 Å². The molecule has 27 heavy (non-hydrogen) atoms. The molecule has 15 heteroatoms. The molecule has 3 nitrogen and oxygen atoms in total. The van der Waals surface area contributed by atoms with Gasteiger partial charge in [-0.1, -0.05) is 0 Å². The molecular weight excluding hydrogens is 449 g/mol. The minimum atomic E-state index is -5.75. The third kappa shape index (κ3) is 3.65. The number of benzene rings is 2. The summed E-state index contributed by atoms with van der Waals surface area (Å²) in [6.45, 7) is -5.75. The Labute approximate surface area is 146 Å². The van der Waals surface area contributed by atoms with Crippen LogP contribution in [-0.2, 0) is 4.57 Å². The van der Waals surface area contributed by atoms with E-state index in [0.717, 1.165) is 0 Å². The van der Waals surface area contributed by atoms with Crippen LogP contribution in [0.4, 0.5) is 43.9 Å². The monoisotopic (exact) mass is 448 g/mol. The molecule has 0 saturated heterocycles. The van der Waals surface area contributed by atoms with Gasteiger partial charge in [-0.15, -0.1) is 0 Å². The first-order chi connectivity index (χ1) is 12.3.